The van der Waals surface area contributed by atoms with Gasteiger partial charge in [0.1, 0.15) is 23.6 Å². The van der Waals surface area contributed by atoms with E-state index >= 15 is 0 Å². The second-order valence-electron chi connectivity index (χ2n) is 8.97. The molecule has 1 amide bonds. The van der Waals surface area contributed by atoms with Crippen LogP contribution in [0.1, 0.15) is 31.0 Å². The molecular weight excluding hydrogens is 470 g/mol. The van der Waals surface area contributed by atoms with Crippen LogP contribution < -0.4 is 19.7 Å². The van der Waals surface area contributed by atoms with Crippen LogP contribution in [0.25, 0.3) is 0 Å². The Hall–Kier alpha value is -3.41. The summed E-state index contributed by atoms with van der Waals surface area (Å²) in [6, 6.07) is 8.10. The van der Waals surface area contributed by atoms with E-state index in [1.165, 1.54) is 32.4 Å². The third kappa shape index (κ3) is 4.12. The Bertz CT molecular complexity index is 1150. The molecular formula is C25H31N3O8. The molecule has 11 heteroatoms. The number of ether oxygens (including phenoxy) is 4. The van der Waals surface area contributed by atoms with Gasteiger partial charge >= 0.3 is 0 Å². The Morgan fingerprint density at radius 3 is 2.61 bits per heavy atom. The lowest BCUT2D eigenvalue weighted by Crippen LogP contribution is -2.63. The largest absolute Gasteiger partial charge is 0.497 e. The summed E-state index contributed by atoms with van der Waals surface area (Å²) in [5.74, 6) is 0.738. The van der Waals surface area contributed by atoms with Crippen molar-refractivity contribution in [3.05, 3.63) is 57.6 Å². The van der Waals surface area contributed by atoms with Gasteiger partial charge in [0.2, 0.25) is 5.91 Å². The van der Waals surface area contributed by atoms with Crippen LogP contribution in [-0.2, 0) is 20.7 Å². The van der Waals surface area contributed by atoms with E-state index in [-0.39, 0.29) is 11.6 Å². The first kappa shape index (κ1) is 25.7. The number of hydrogen-bond acceptors (Lipinski definition) is 9. The highest BCUT2D eigenvalue weighted by Crippen LogP contribution is 2.50. The number of hydrogen-bond donors (Lipinski definition) is 2. The molecule has 194 valence electrons. The van der Waals surface area contributed by atoms with Crippen LogP contribution in [-0.4, -0.2) is 67.8 Å². The van der Waals surface area contributed by atoms with Gasteiger partial charge in [-0.2, -0.15) is 0 Å². The Morgan fingerprint density at radius 1 is 1.28 bits per heavy atom. The number of non-ortho nitro benzene ring substituents is 1. The topological polar surface area (TPSA) is 133 Å². The number of nitro benzene ring substituents is 1. The maximum absolute atomic E-state index is 13.3. The van der Waals surface area contributed by atoms with Crippen molar-refractivity contribution in [2.24, 2.45) is 0 Å². The van der Waals surface area contributed by atoms with Gasteiger partial charge < -0.3 is 34.3 Å². The third-order valence-electron chi connectivity index (χ3n) is 6.90. The summed E-state index contributed by atoms with van der Waals surface area (Å²) in [6.07, 6.45) is -1.91. The molecule has 2 aromatic rings. The SMILES string of the molecule is CCNC(=O)[C@@H]1Cc2cc(OC)ccc2N1[C@@H]1c2cc([N+](=O)[O-])ccc2O[C@@](C)(C(OC)OC)[C@H]1O. The number of anilines is 1. The van der Waals surface area contributed by atoms with Crippen LogP contribution in [0.2, 0.25) is 0 Å². The molecule has 0 aromatic heterocycles. The lowest BCUT2D eigenvalue weighted by Gasteiger charge is -2.50. The number of amides is 1. The highest BCUT2D eigenvalue weighted by Gasteiger charge is 2.56. The fourth-order valence-corrected chi connectivity index (χ4v) is 5.24. The van der Waals surface area contributed by atoms with E-state index in [2.05, 4.69) is 5.32 Å². The van der Waals surface area contributed by atoms with E-state index in [9.17, 15) is 20.0 Å². The highest BCUT2D eigenvalue weighted by molar-refractivity contribution is 5.89. The van der Waals surface area contributed by atoms with Gasteiger partial charge in [-0.25, -0.2) is 0 Å². The van der Waals surface area contributed by atoms with Gasteiger partial charge in [0, 0.05) is 50.6 Å². The Morgan fingerprint density at radius 2 is 2.00 bits per heavy atom. The molecule has 0 spiro atoms. The monoisotopic (exact) mass is 501 g/mol. The van der Waals surface area contributed by atoms with Gasteiger partial charge in [-0.05, 0) is 43.7 Å². The number of methoxy groups -OCH3 is 3. The fraction of sp³-hybridized carbons (Fsp3) is 0.480. The summed E-state index contributed by atoms with van der Waals surface area (Å²) in [7, 11) is 4.43. The molecule has 0 aliphatic carbocycles. The maximum Gasteiger partial charge on any atom is 0.270 e. The molecule has 2 heterocycles. The summed E-state index contributed by atoms with van der Waals surface area (Å²) in [5.41, 5.74) is 0.394. The number of nitro groups is 1. The molecule has 0 radical (unpaired) electrons. The van der Waals surface area contributed by atoms with Gasteiger partial charge in [-0.15, -0.1) is 0 Å². The molecule has 0 unspecified atom stereocenters. The Labute approximate surface area is 209 Å². The first-order chi connectivity index (χ1) is 17.2. The van der Waals surface area contributed by atoms with Crippen LogP contribution in [0.3, 0.4) is 0 Å². The predicted octanol–water partition coefficient (Wildman–Crippen LogP) is 2.34. The molecule has 4 rings (SSSR count). The Balaban J connectivity index is 1.94. The number of likely N-dealkylation sites (N-methyl/N-ethyl adjacent to an activating group) is 1. The van der Waals surface area contributed by atoms with Gasteiger partial charge in [0.15, 0.2) is 11.9 Å². The molecule has 2 aliphatic rings. The second kappa shape index (κ2) is 9.92. The van der Waals surface area contributed by atoms with Gasteiger partial charge in [-0.3, -0.25) is 14.9 Å². The van der Waals surface area contributed by atoms with E-state index in [0.717, 1.165) is 5.56 Å². The van der Waals surface area contributed by atoms with E-state index in [4.69, 9.17) is 18.9 Å². The number of fused-ring (bicyclic) bond motifs is 2. The number of carbonyl (C=O) groups excluding carboxylic acids is 1. The summed E-state index contributed by atoms with van der Waals surface area (Å²) in [6.45, 7) is 3.90. The lowest BCUT2D eigenvalue weighted by atomic mass is 9.83. The highest BCUT2D eigenvalue weighted by atomic mass is 16.7. The van der Waals surface area contributed by atoms with Crippen molar-refractivity contribution < 1.29 is 33.8 Å². The minimum absolute atomic E-state index is 0.156. The first-order valence-electron chi connectivity index (χ1n) is 11.6. The molecule has 0 fully saturated rings. The zero-order valence-electron chi connectivity index (χ0n) is 20.9. The van der Waals surface area contributed by atoms with Crippen LogP contribution in [0.15, 0.2) is 36.4 Å². The van der Waals surface area contributed by atoms with E-state index < -0.39 is 35.0 Å². The van der Waals surface area contributed by atoms with Crippen LogP contribution in [0.5, 0.6) is 11.5 Å². The summed E-state index contributed by atoms with van der Waals surface area (Å²) >= 11 is 0. The van der Waals surface area contributed by atoms with E-state index in [1.807, 2.05) is 24.0 Å². The van der Waals surface area contributed by atoms with Crippen molar-refractivity contribution in [2.75, 3.05) is 32.8 Å². The number of carbonyl (C=O) groups is 1. The van der Waals surface area contributed by atoms with Crippen molar-refractivity contribution in [3.63, 3.8) is 0 Å². The molecule has 2 N–H and O–H groups in total. The molecule has 2 aliphatic heterocycles. The van der Waals surface area contributed by atoms with Crippen molar-refractivity contribution in [1.82, 2.24) is 5.32 Å². The van der Waals surface area contributed by atoms with Crippen LogP contribution >= 0.6 is 0 Å². The molecule has 2 aromatic carbocycles. The standard InChI is InChI=1S/C25H31N3O8/c1-6-26-23(30)19-12-14-11-16(33-3)8-9-18(14)27(19)21-17-13-15(28(31)32)7-10-20(17)36-25(2,22(21)29)24(34-4)35-5/h7-11,13,19,21-22,24,29H,6,12H2,1-5H3,(H,26,30)/t19-,21+,22-,25+/m0/s1. The van der Waals surface area contributed by atoms with Crippen LogP contribution in [0, 0.1) is 10.1 Å². The number of aliphatic hydroxyl groups is 1. The average molecular weight is 502 g/mol. The van der Waals surface area contributed by atoms with Crippen LogP contribution in [0.4, 0.5) is 11.4 Å². The molecule has 0 saturated heterocycles. The van der Waals surface area contributed by atoms with Crippen molar-refractivity contribution in [2.45, 2.75) is 50.3 Å². The minimum Gasteiger partial charge on any atom is -0.497 e. The number of rotatable bonds is 8. The average Bonchev–Trinajstić information content (AvgIpc) is 3.23. The molecule has 0 bridgehead atoms. The zero-order valence-corrected chi connectivity index (χ0v) is 20.9. The number of benzene rings is 2. The van der Waals surface area contributed by atoms with Gasteiger partial charge in [0.05, 0.1) is 18.1 Å². The Kier molecular flexibility index (Phi) is 7.07. The van der Waals surface area contributed by atoms with Gasteiger partial charge in [-0.1, -0.05) is 0 Å². The van der Waals surface area contributed by atoms with Crippen molar-refractivity contribution in [3.8, 4) is 11.5 Å². The molecule has 0 saturated carbocycles. The molecule has 4 atom stereocenters. The molecule has 11 nitrogen and oxygen atoms in total. The minimum atomic E-state index is -1.40. The smallest absolute Gasteiger partial charge is 0.270 e. The van der Waals surface area contributed by atoms with Crippen molar-refractivity contribution in [1.29, 1.82) is 0 Å². The number of aliphatic hydroxyl groups excluding tert-OH is 1. The van der Waals surface area contributed by atoms with E-state index in [0.29, 0.717) is 35.7 Å². The third-order valence-corrected chi connectivity index (χ3v) is 6.90. The van der Waals surface area contributed by atoms with Gasteiger partial charge in [0.25, 0.3) is 5.69 Å². The fourth-order valence-electron chi connectivity index (χ4n) is 5.24. The maximum atomic E-state index is 13.3. The predicted molar refractivity (Wildman–Crippen MR) is 130 cm³/mol. The second-order valence-corrected chi connectivity index (χ2v) is 8.97. The first-order valence-corrected chi connectivity index (χ1v) is 11.6. The van der Waals surface area contributed by atoms with Crippen molar-refractivity contribution >= 4 is 17.3 Å². The summed E-state index contributed by atoms with van der Waals surface area (Å²) in [5, 5.41) is 26.4. The number of nitrogens with one attached hydrogen (secondary N) is 1. The summed E-state index contributed by atoms with van der Waals surface area (Å²) in [4.78, 5) is 26.2. The van der Waals surface area contributed by atoms with E-state index in [1.54, 1.807) is 20.1 Å². The molecule has 36 heavy (non-hydrogen) atoms. The summed E-state index contributed by atoms with van der Waals surface area (Å²) < 4.78 is 22.5. The zero-order chi connectivity index (χ0) is 26.2. The number of nitrogens with zero attached hydrogens (tertiary/aromatic N) is 2. The normalized spacial score (nSPS) is 24.6. The quantitative estimate of drug-likeness (QED) is 0.318. The lowest BCUT2D eigenvalue weighted by molar-refractivity contribution is -0.385.